The molecule has 0 aromatic carbocycles. The van der Waals surface area contributed by atoms with Gasteiger partial charge in [-0.3, -0.25) is 14.3 Å². The molecule has 1 aliphatic carbocycles. The highest BCUT2D eigenvalue weighted by atomic mass is 19.4. The number of halogens is 3. The second-order valence-electron chi connectivity index (χ2n) is 7.60. The summed E-state index contributed by atoms with van der Waals surface area (Å²) in [4.78, 5) is 18.0. The van der Waals surface area contributed by atoms with Crippen LogP contribution in [0.15, 0.2) is 30.6 Å². The molecule has 0 bridgehead atoms. The number of nitrogens with zero attached hydrogens (tertiary/aromatic N) is 5. The van der Waals surface area contributed by atoms with Crippen molar-refractivity contribution in [3.05, 3.63) is 47.5 Å². The van der Waals surface area contributed by atoms with Crippen molar-refractivity contribution in [3.8, 4) is 6.07 Å². The van der Waals surface area contributed by atoms with Gasteiger partial charge in [0.15, 0.2) is 5.69 Å². The molecule has 0 unspecified atom stereocenters. The Morgan fingerprint density at radius 2 is 2.06 bits per heavy atom. The summed E-state index contributed by atoms with van der Waals surface area (Å²) in [5.74, 6) is 0.287. The van der Waals surface area contributed by atoms with Gasteiger partial charge in [0.1, 0.15) is 23.2 Å². The zero-order valence-electron chi connectivity index (χ0n) is 16.6. The maximum atomic E-state index is 13.1. The predicted octanol–water partition coefficient (Wildman–Crippen LogP) is 3.13. The van der Waals surface area contributed by atoms with Gasteiger partial charge in [0, 0.05) is 25.3 Å². The van der Waals surface area contributed by atoms with Crippen molar-refractivity contribution in [2.24, 2.45) is 0 Å². The molecule has 1 amide bonds. The topological polar surface area (TPSA) is 102 Å². The average molecular weight is 431 g/mol. The van der Waals surface area contributed by atoms with Gasteiger partial charge in [-0.15, -0.1) is 0 Å². The maximum Gasteiger partial charge on any atom is 0.434 e. The SMILES string of the molecule is CN(c1cccc2nc(C(F)(F)F)cn12)C1CCC(NC(=O)c2cn[nH]c2C#N)CC1. The lowest BCUT2D eigenvalue weighted by Gasteiger charge is -2.36. The molecule has 0 atom stereocenters. The molecule has 0 saturated heterocycles. The van der Waals surface area contributed by atoms with Crippen molar-refractivity contribution >= 4 is 17.4 Å². The van der Waals surface area contributed by atoms with Crippen LogP contribution in [-0.4, -0.2) is 44.6 Å². The summed E-state index contributed by atoms with van der Waals surface area (Å²) >= 11 is 0. The van der Waals surface area contributed by atoms with Gasteiger partial charge < -0.3 is 10.2 Å². The average Bonchev–Trinajstić information content (AvgIpc) is 3.40. The molecule has 0 aliphatic heterocycles. The van der Waals surface area contributed by atoms with Crippen LogP contribution in [0.4, 0.5) is 19.0 Å². The standard InChI is InChI=1S/C20H20F3N7O/c1-29(18-4-2-3-17-27-16(11-30(17)18)20(21,22)23)13-7-5-12(6-8-13)26-19(31)14-10-25-28-15(14)9-24/h2-4,10-13H,5-8H2,1H3,(H,25,28)(H,26,31). The van der Waals surface area contributed by atoms with Gasteiger partial charge in [-0.1, -0.05) is 6.07 Å². The molecule has 4 rings (SSSR count). The second-order valence-corrected chi connectivity index (χ2v) is 7.60. The van der Waals surface area contributed by atoms with Crippen molar-refractivity contribution in [2.75, 3.05) is 11.9 Å². The lowest BCUT2D eigenvalue weighted by Crippen LogP contribution is -2.43. The molecule has 3 aromatic heterocycles. The summed E-state index contributed by atoms with van der Waals surface area (Å²) in [5.41, 5.74) is -0.339. The Bertz CT molecular complexity index is 1140. The lowest BCUT2D eigenvalue weighted by atomic mass is 9.90. The number of hydrogen-bond donors (Lipinski definition) is 2. The Hall–Kier alpha value is -3.55. The molecular weight excluding hydrogens is 411 g/mol. The number of fused-ring (bicyclic) bond motifs is 1. The summed E-state index contributed by atoms with van der Waals surface area (Å²) < 4.78 is 40.6. The summed E-state index contributed by atoms with van der Waals surface area (Å²) in [6.07, 6.45) is 0.796. The molecule has 3 heterocycles. The summed E-state index contributed by atoms with van der Waals surface area (Å²) in [7, 11) is 1.86. The van der Waals surface area contributed by atoms with Gasteiger partial charge >= 0.3 is 6.18 Å². The first-order valence-electron chi connectivity index (χ1n) is 9.80. The van der Waals surface area contributed by atoms with Crippen LogP contribution >= 0.6 is 0 Å². The Labute approximate surface area is 175 Å². The Morgan fingerprint density at radius 1 is 1.32 bits per heavy atom. The van der Waals surface area contributed by atoms with E-state index in [-0.39, 0.29) is 34.9 Å². The van der Waals surface area contributed by atoms with Crippen LogP contribution in [0.3, 0.4) is 0 Å². The predicted molar refractivity (Wildman–Crippen MR) is 105 cm³/mol. The third kappa shape index (κ3) is 4.05. The largest absolute Gasteiger partial charge is 0.434 e. The molecule has 0 radical (unpaired) electrons. The number of anilines is 1. The number of pyridine rings is 1. The number of aromatic amines is 1. The van der Waals surface area contributed by atoms with E-state index >= 15 is 0 Å². The van der Waals surface area contributed by atoms with Gasteiger partial charge in [0.05, 0.1) is 11.8 Å². The van der Waals surface area contributed by atoms with Crippen molar-refractivity contribution in [3.63, 3.8) is 0 Å². The van der Waals surface area contributed by atoms with Crippen LogP contribution < -0.4 is 10.2 Å². The van der Waals surface area contributed by atoms with Crippen LogP contribution in [0, 0.1) is 11.3 Å². The highest BCUT2D eigenvalue weighted by Gasteiger charge is 2.34. The number of nitriles is 1. The number of nitrogens with one attached hydrogen (secondary N) is 2. The van der Waals surface area contributed by atoms with E-state index in [0.717, 1.165) is 19.0 Å². The highest BCUT2D eigenvalue weighted by Crippen LogP contribution is 2.31. The number of amides is 1. The molecule has 1 fully saturated rings. The number of rotatable bonds is 4. The highest BCUT2D eigenvalue weighted by molar-refractivity contribution is 5.96. The van der Waals surface area contributed by atoms with E-state index < -0.39 is 11.9 Å². The van der Waals surface area contributed by atoms with Crippen LogP contribution in [0.2, 0.25) is 0 Å². The minimum Gasteiger partial charge on any atom is -0.358 e. The van der Waals surface area contributed by atoms with Gasteiger partial charge in [-0.05, 0) is 37.8 Å². The third-order valence-electron chi connectivity index (χ3n) is 5.70. The van der Waals surface area contributed by atoms with E-state index in [0.29, 0.717) is 18.7 Å². The zero-order chi connectivity index (χ0) is 22.2. The van der Waals surface area contributed by atoms with Crippen LogP contribution in [-0.2, 0) is 6.18 Å². The van der Waals surface area contributed by atoms with E-state index in [2.05, 4.69) is 20.5 Å². The summed E-state index contributed by atoms with van der Waals surface area (Å²) in [5, 5.41) is 18.2. The Balaban J connectivity index is 1.43. The lowest BCUT2D eigenvalue weighted by molar-refractivity contribution is -0.140. The number of carbonyl (C=O) groups excluding carboxylic acids is 1. The van der Waals surface area contributed by atoms with E-state index in [4.69, 9.17) is 5.26 Å². The van der Waals surface area contributed by atoms with Crippen LogP contribution in [0.25, 0.3) is 5.65 Å². The fourth-order valence-electron chi connectivity index (χ4n) is 4.02. The normalized spacial score (nSPS) is 19.2. The quantitative estimate of drug-likeness (QED) is 0.661. The number of alkyl halides is 3. The summed E-state index contributed by atoms with van der Waals surface area (Å²) in [6, 6.07) is 6.97. The minimum atomic E-state index is -4.50. The summed E-state index contributed by atoms with van der Waals surface area (Å²) in [6.45, 7) is 0. The van der Waals surface area contributed by atoms with E-state index in [1.165, 1.54) is 10.6 Å². The van der Waals surface area contributed by atoms with Gasteiger partial charge in [0.2, 0.25) is 0 Å². The number of hydrogen-bond acceptors (Lipinski definition) is 5. The fraction of sp³-hybridized carbons (Fsp3) is 0.400. The number of imidazole rings is 1. The maximum absolute atomic E-state index is 13.1. The molecule has 1 aliphatic rings. The van der Waals surface area contributed by atoms with Crippen molar-refractivity contribution in [1.82, 2.24) is 24.9 Å². The van der Waals surface area contributed by atoms with Crippen molar-refractivity contribution in [1.29, 1.82) is 5.26 Å². The number of aromatic nitrogens is 4. The van der Waals surface area contributed by atoms with Gasteiger partial charge in [0.25, 0.3) is 5.91 Å². The van der Waals surface area contributed by atoms with E-state index in [1.807, 2.05) is 18.0 Å². The monoisotopic (exact) mass is 431 g/mol. The molecule has 8 nitrogen and oxygen atoms in total. The Morgan fingerprint density at radius 3 is 2.74 bits per heavy atom. The first kappa shape index (κ1) is 20.7. The van der Waals surface area contributed by atoms with Crippen molar-refractivity contribution < 1.29 is 18.0 Å². The van der Waals surface area contributed by atoms with Crippen LogP contribution in [0.5, 0.6) is 0 Å². The van der Waals surface area contributed by atoms with Crippen molar-refractivity contribution in [2.45, 2.75) is 43.9 Å². The molecule has 1 saturated carbocycles. The third-order valence-corrected chi connectivity index (χ3v) is 5.70. The molecule has 31 heavy (non-hydrogen) atoms. The molecule has 3 aromatic rings. The van der Waals surface area contributed by atoms with E-state index in [9.17, 15) is 18.0 Å². The van der Waals surface area contributed by atoms with Crippen LogP contribution in [0.1, 0.15) is 47.4 Å². The first-order chi connectivity index (χ1) is 14.8. The first-order valence-corrected chi connectivity index (χ1v) is 9.80. The molecule has 162 valence electrons. The number of carbonyl (C=O) groups is 1. The molecule has 0 spiro atoms. The van der Waals surface area contributed by atoms with Gasteiger partial charge in [-0.25, -0.2) is 4.98 Å². The zero-order valence-corrected chi connectivity index (χ0v) is 16.6. The smallest absolute Gasteiger partial charge is 0.358 e. The molecule has 11 heteroatoms. The fourth-order valence-corrected chi connectivity index (χ4v) is 4.02. The van der Waals surface area contributed by atoms with Gasteiger partial charge in [-0.2, -0.15) is 23.5 Å². The minimum absolute atomic E-state index is 0.0422. The molecular formula is C20H20F3N7O. The number of H-pyrrole nitrogens is 1. The molecule has 2 N–H and O–H groups in total. The second kappa shape index (κ2) is 7.94. The van der Waals surface area contributed by atoms with E-state index in [1.54, 1.807) is 18.2 Å². The Kier molecular flexibility index (Phi) is 5.31.